The van der Waals surface area contributed by atoms with E-state index in [1.165, 1.54) is 37.4 Å². The van der Waals surface area contributed by atoms with Gasteiger partial charge in [0.2, 0.25) is 0 Å². The molecule has 1 aliphatic heterocycles. The van der Waals surface area contributed by atoms with Crippen molar-refractivity contribution < 1.29 is 21.6 Å². The summed E-state index contributed by atoms with van der Waals surface area (Å²) >= 11 is 6.23. The van der Waals surface area contributed by atoms with E-state index in [4.69, 9.17) is 11.6 Å². The van der Waals surface area contributed by atoms with E-state index < -0.39 is 26.0 Å². The van der Waals surface area contributed by atoms with Gasteiger partial charge in [-0.15, -0.1) is 0 Å². The van der Waals surface area contributed by atoms with Gasteiger partial charge in [-0.3, -0.25) is 13.8 Å². The first kappa shape index (κ1) is 30.4. The molecule has 1 heterocycles. The standard InChI is InChI=1S/C31H31ClN4O5S2/c1-35(25-12-4-2-5-13-25)43(40,41)26-14-10-11-23(21-26)31(37)33-24-17-18-29(36-19-8-3-9-20-36)30(22-24)42(38,39)34-28-16-7-6-15-27(28)32/h2,4-7,10-18,21-22,34H,3,8-9,19-20H2,1H3,(H,33,37). The van der Waals surface area contributed by atoms with Crippen LogP contribution in [0.1, 0.15) is 29.6 Å². The molecule has 0 atom stereocenters. The molecule has 9 nitrogen and oxygen atoms in total. The molecule has 0 aliphatic carbocycles. The number of piperidine rings is 1. The molecule has 43 heavy (non-hydrogen) atoms. The number of carbonyl (C=O) groups excluding carboxylic acids is 1. The van der Waals surface area contributed by atoms with Gasteiger partial charge in [-0.05, 0) is 79.9 Å². The average Bonchev–Trinajstić information content (AvgIpc) is 3.02. The number of carbonyl (C=O) groups is 1. The first-order valence-electron chi connectivity index (χ1n) is 13.7. The van der Waals surface area contributed by atoms with E-state index >= 15 is 0 Å². The number of para-hydroxylation sites is 2. The first-order chi connectivity index (χ1) is 20.6. The summed E-state index contributed by atoms with van der Waals surface area (Å²) in [7, 11) is -6.62. The Morgan fingerprint density at radius 3 is 2.23 bits per heavy atom. The number of sulfonamides is 2. The lowest BCUT2D eigenvalue weighted by Crippen LogP contribution is -2.31. The Balaban J connectivity index is 1.44. The molecule has 4 aromatic rings. The van der Waals surface area contributed by atoms with Crippen LogP contribution in [0.15, 0.2) is 107 Å². The Hall–Kier alpha value is -4.06. The van der Waals surface area contributed by atoms with Crippen molar-refractivity contribution in [3.63, 3.8) is 0 Å². The van der Waals surface area contributed by atoms with Gasteiger partial charge in [0.15, 0.2) is 0 Å². The molecule has 224 valence electrons. The zero-order valence-electron chi connectivity index (χ0n) is 23.4. The zero-order chi connectivity index (χ0) is 30.6. The van der Waals surface area contributed by atoms with Crippen molar-refractivity contribution in [2.24, 2.45) is 0 Å². The summed E-state index contributed by atoms with van der Waals surface area (Å²) in [6, 6.07) is 25.6. The molecule has 5 rings (SSSR count). The summed E-state index contributed by atoms with van der Waals surface area (Å²) in [6.45, 7) is 1.41. The van der Waals surface area contributed by atoms with Crippen molar-refractivity contribution in [1.29, 1.82) is 0 Å². The maximum Gasteiger partial charge on any atom is 0.264 e. The largest absolute Gasteiger partial charge is 0.370 e. The number of benzene rings is 4. The third-order valence-corrected chi connectivity index (χ3v) is 10.7. The fourth-order valence-electron chi connectivity index (χ4n) is 4.88. The van der Waals surface area contributed by atoms with Gasteiger partial charge in [-0.25, -0.2) is 16.8 Å². The van der Waals surface area contributed by atoms with Crippen LogP contribution in [0.3, 0.4) is 0 Å². The van der Waals surface area contributed by atoms with Crippen molar-refractivity contribution >= 4 is 60.3 Å². The summed E-state index contributed by atoms with van der Waals surface area (Å²) < 4.78 is 57.7. The Morgan fingerprint density at radius 1 is 0.814 bits per heavy atom. The average molecular weight is 639 g/mol. The number of halogens is 1. The molecule has 0 spiro atoms. The third-order valence-electron chi connectivity index (χ3n) is 7.20. The van der Waals surface area contributed by atoms with Crippen LogP contribution in [-0.2, 0) is 20.0 Å². The SMILES string of the molecule is CN(c1ccccc1)S(=O)(=O)c1cccc(C(=O)Nc2ccc(N3CCCCC3)c(S(=O)(=O)Nc3ccccc3Cl)c2)c1. The molecule has 1 aliphatic rings. The van der Waals surface area contributed by atoms with Gasteiger partial charge in [0.25, 0.3) is 26.0 Å². The number of hydrogen-bond donors (Lipinski definition) is 2. The minimum absolute atomic E-state index is 0.00654. The maximum atomic E-state index is 13.7. The van der Waals surface area contributed by atoms with Crippen molar-refractivity contribution in [2.45, 2.75) is 29.1 Å². The highest BCUT2D eigenvalue weighted by atomic mass is 35.5. The molecular formula is C31H31ClN4O5S2. The highest BCUT2D eigenvalue weighted by molar-refractivity contribution is 7.93. The van der Waals surface area contributed by atoms with E-state index in [0.29, 0.717) is 24.5 Å². The molecule has 0 radical (unpaired) electrons. The smallest absolute Gasteiger partial charge is 0.264 e. The fourth-order valence-corrected chi connectivity index (χ4v) is 7.70. The fraction of sp³-hybridized carbons (Fsp3) is 0.194. The normalized spacial score (nSPS) is 13.8. The van der Waals surface area contributed by atoms with Crippen LogP contribution in [0.2, 0.25) is 5.02 Å². The van der Waals surface area contributed by atoms with Gasteiger partial charge in [-0.2, -0.15) is 0 Å². The molecule has 0 aromatic heterocycles. The van der Waals surface area contributed by atoms with Crippen molar-refractivity contribution in [2.75, 3.05) is 39.4 Å². The van der Waals surface area contributed by atoms with Crippen LogP contribution in [0.5, 0.6) is 0 Å². The van der Waals surface area contributed by atoms with Gasteiger partial charge in [0.1, 0.15) is 4.90 Å². The lowest BCUT2D eigenvalue weighted by molar-refractivity contribution is 0.102. The molecule has 0 bridgehead atoms. The van der Waals surface area contributed by atoms with E-state index in [9.17, 15) is 21.6 Å². The molecule has 12 heteroatoms. The van der Waals surface area contributed by atoms with E-state index in [0.717, 1.165) is 23.6 Å². The molecule has 1 fully saturated rings. The van der Waals surface area contributed by atoms with Gasteiger partial charge in [-0.1, -0.05) is 48.0 Å². The van der Waals surface area contributed by atoms with Crippen LogP contribution in [0, 0.1) is 0 Å². The number of hydrogen-bond acceptors (Lipinski definition) is 6. The second-order valence-electron chi connectivity index (χ2n) is 10.1. The van der Waals surface area contributed by atoms with Crippen LogP contribution < -0.4 is 19.2 Å². The van der Waals surface area contributed by atoms with E-state index in [1.807, 2.05) is 4.90 Å². The van der Waals surface area contributed by atoms with Crippen LogP contribution in [0.4, 0.5) is 22.7 Å². The number of rotatable bonds is 9. The van der Waals surface area contributed by atoms with Crippen molar-refractivity contribution in [3.05, 3.63) is 108 Å². The van der Waals surface area contributed by atoms with Crippen LogP contribution >= 0.6 is 11.6 Å². The molecule has 1 saturated heterocycles. The minimum Gasteiger partial charge on any atom is -0.370 e. The van der Waals surface area contributed by atoms with Gasteiger partial charge in [0.05, 0.1) is 27.0 Å². The topological polar surface area (TPSA) is 116 Å². The molecule has 2 N–H and O–H groups in total. The Morgan fingerprint density at radius 2 is 1.51 bits per heavy atom. The van der Waals surface area contributed by atoms with Crippen molar-refractivity contribution in [3.8, 4) is 0 Å². The monoisotopic (exact) mass is 638 g/mol. The highest BCUT2D eigenvalue weighted by Gasteiger charge is 2.26. The lowest BCUT2D eigenvalue weighted by atomic mass is 10.1. The van der Waals surface area contributed by atoms with E-state index in [-0.39, 0.29) is 31.8 Å². The minimum atomic E-state index is -4.11. The maximum absolute atomic E-state index is 13.7. The predicted octanol–water partition coefficient (Wildman–Crippen LogP) is 6.21. The second kappa shape index (κ2) is 12.7. The summed E-state index contributed by atoms with van der Waals surface area (Å²) in [4.78, 5) is 15.3. The van der Waals surface area contributed by atoms with Gasteiger partial charge in [0, 0.05) is 31.4 Å². The van der Waals surface area contributed by atoms with Crippen LogP contribution in [0.25, 0.3) is 0 Å². The molecular weight excluding hydrogens is 608 g/mol. The second-order valence-corrected chi connectivity index (χ2v) is 14.1. The first-order valence-corrected chi connectivity index (χ1v) is 17.0. The van der Waals surface area contributed by atoms with Gasteiger partial charge >= 0.3 is 0 Å². The Bertz CT molecular complexity index is 1850. The number of nitrogens with zero attached hydrogens (tertiary/aromatic N) is 2. The molecule has 4 aromatic carbocycles. The number of anilines is 4. The summed E-state index contributed by atoms with van der Waals surface area (Å²) in [5.74, 6) is -0.590. The third kappa shape index (κ3) is 6.79. The Kier molecular flexibility index (Phi) is 8.95. The Labute approximate surface area is 257 Å². The molecule has 0 saturated carbocycles. The van der Waals surface area contributed by atoms with E-state index in [1.54, 1.807) is 66.7 Å². The van der Waals surface area contributed by atoms with E-state index in [2.05, 4.69) is 10.0 Å². The van der Waals surface area contributed by atoms with Crippen LogP contribution in [-0.4, -0.2) is 42.9 Å². The lowest BCUT2D eigenvalue weighted by Gasteiger charge is -2.30. The summed E-state index contributed by atoms with van der Waals surface area (Å²) in [6.07, 6.45) is 2.95. The molecule has 0 unspecified atom stereocenters. The zero-order valence-corrected chi connectivity index (χ0v) is 25.8. The molecule has 1 amide bonds. The summed E-state index contributed by atoms with van der Waals surface area (Å²) in [5.41, 5.74) is 1.57. The highest BCUT2D eigenvalue weighted by Crippen LogP contribution is 2.33. The predicted molar refractivity (Wildman–Crippen MR) is 171 cm³/mol. The number of nitrogens with one attached hydrogen (secondary N) is 2. The van der Waals surface area contributed by atoms with Crippen molar-refractivity contribution in [1.82, 2.24) is 0 Å². The summed E-state index contributed by atoms with van der Waals surface area (Å²) in [5, 5.41) is 2.98. The quantitative estimate of drug-likeness (QED) is 0.225. The van der Waals surface area contributed by atoms with Gasteiger partial charge < -0.3 is 10.2 Å². The number of amides is 1.